The van der Waals surface area contributed by atoms with Gasteiger partial charge in [0.25, 0.3) is 0 Å². The molecule has 366 valence electrons. The number of rotatable bonds is 16. The number of anilines is 1. The van der Waals surface area contributed by atoms with Gasteiger partial charge in [0.1, 0.15) is 29.8 Å². The van der Waals surface area contributed by atoms with Gasteiger partial charge in [-0.3, -0.25) is 9.69 Å². The summed E-state index contributed by atoms with van der Waals surface area (Å²) in [6, 6.07) is 24.0. The molecule has 9 rings (SSSR count). The molecular weight excluding hydrogens is 887 g/mol. The average Bonchev–Trinajstić information content (AvgIpc) is 4.25. The van der Waals surface area contributed by atoms with Crippen LogP contribution in [0.2, 0.25) is 0 Å². The zero-order valence-corrected chi connectivity index (χ0v) is 40.3. The van der Waals surface area contributed by atoms with Gasteiger partial charge in [-0.25, -0.2) is 24.5 Å². The van der Waals surface area contributed by atoms with Crippen molar-refractivity contribution in [1.82, 2.24) is 49.9 Å². The van der Waals surface area contributed by atoms with Crippen molar-refractivity contribution in [3.05, 3.63) is 103 Å². The van der Waals surface area contributed by atoms with E-state index in [1.807, 2.05) is 37.3 Å². The summed E-state index contributed by atoms with van der Waals surface area (Å²) in [7, 11) is 1.29. The van der Waals surface area contributed by atoms with Crippen molar-refractivity contribution < 1.29 is 29.0 Å². The number of nitrogens with zero attached hydrogens (tertiary/aromatic N) is 7. The monoisotopic (exact) mass is 949 g/mol. The first kappa shape index (κ1) is 47.8. The van der Waals surface area contributed by atoms with Crippen molar-refractivity contribution in [2.75, 3.05) is 44.7 Å². The van der Waals surface area contributed by atoms with E-state index in [-0.39, 0.29) is 23.9 Å². The highest BCUT2D eigenvalue weighted by atomic mass is 16.5. The van der Waals surface area contributed by atoms with Gasteiger partial charge in [-0.1, -0.05) is 69.3 Å². The van der Waals surface area contributed by atoms with Gasteiger partial charge in [-0.15, -0.1) is 0 Å². The van der Waals surface area contributed by atoms with Crippen molar-refractivity contribution in [3.63, 3.8) is 0 Å². The number of carbonyl (C=O) groups excluding carboxylic acids is 3. The lowest BCUT2D eigenvalue weighted by molar-refractivity contribution is -0.135. The number of aldehydes is 1. The number of piperidine rings is 1. The smallest absolute Gasteiger partial charge is 0.407 e. The third kappa shape index (κ3) is 10.2. The van der Waals surface area contributed by atoms with Crippen LogP contribution in [0.4, 0.5) is 15.4 Å². The summed E-state index contributed by atoms with van der Waals surface area (Å²) in [4.78, 5) is 77.0. The van der Waals surface area contributed by atoms with Gasteiger partial charge in [0.2, 0.25) is 5.91 Å². The van der Waals surface area contributed by atoms with Crippen molar-refractivity contribution in [1.29, 1.82) is 0 Å². The number of imidazole rings is 2. The van der Waals surface area contributed by atoms with Crippen LogP contribution in [-0.4, -0.2) is 121 Å². The van der Waals surface area contributed by atoms with E-state index in [0.717, 1.165) is 114 Å². The summed E-state index contributed by atoms with van der Waals surface area (Å²) < 4.78 is 7.07. The van der Waals surface area contributed by atoms with E-state index in [9.17, 15) is 24.3 Å². The first-order valence-corrected chi connectivity index (χ1v) is 24.6. The molecule has 0 bridgehead atoms. The zero-order chi connectivity index (χ0) is 48.9. The van der Waals surface area contributed by atoms with Crippen molar-refractivity contribution in [2.24, 2.45) is 11.8 Å². The summed E-state index contributed by atoms with van der Waals surface area (Å²) in [6.07, 6.45) is 11.7. The topological polar surface area (TPSA) is 207 Å². The van der Waals surface area contributed by atoms with E-state index in [1.165, 1.54) is 26.4 Å². The van der Waals surface area contributed by atoms with Gasteiger partial charge >= 0.3 is 12.2 Å². The Hall–Kier alpha value is -7.27. The van der Waals surface area contributed by atoms with Gasteiger partial charge in [-0.05, 0) is 104 Å². The van der Waals surface area contributed by atoms with Crippen LogP contribution in [0.15, 0.2) is 91.4 Å². The van der Waals surface area contributed by atoms with Crippen molar-refractivity contribution in [2.45, 2.75) is 89.9 Å². The number of ether oxygens (including phenoxy) is 1. The summed E-state index contributed by atoms with van der Waals surface area (Å²) in [5.41, 5.74) is 8.68. The lowest BCUT2D eigenvalue weighted by Gasteiger charge is -2.30. The Kier molecular flexibility index (Phi) is 14.4. The largest absolute Gasteiger partial charge is 0.465 e. The van der Waals surface area contributed by atoms with Crippen LogP contribution in [-0.2, 0) is 14.3 Å². The van der Waals surface area contributed by atoms with Crippen LogP contribution < -0.4 is 15.5 Å². The summed E-state index contributed by atoms with van der Waals surface area (Å²) >= 11 is 0. The highest BCUT2D eigenvalue weighted by molar-refractivity contribution is 5.86. The number of hydrogen-bond acceptors (Lipinski definition) is 10. The maximum absolute atomic E-state index is 13.8. The number of methoxy groups -OCH3 is 1. The molecule has 17 heteroatoms. The second-order valence-electron chi connectivity index (χ2n) is 19.1. The number of nitrogens with one attached hydrogen (secondary N) is 4. The first-order chi connectivity index (χ1) is 34.0. The fraction of sp³-hybridized carbons (Fsp3) is 0.415. The van der Waals surface area contributed by atoms with E-state index in [4.69, 9.17) is 19.7 Å². The quantitative estimate of drug-likeness (QED) is 0.0581. The number of aromatic nitrogens is 6. The van der Waals surface area contributed by atoms with Crippen LogP contribution in [0, 0.1) is 11.8 Å². The number of H-pyrrole nitrogens is 2. The maximum atomic E-state index is 13.8. The fourth-order valence-corrected chi connectivity index (χ4v) is 10.3. The van der Waals surface area contributed by atoms with Gasteiger partial charge < -0.3 is 49.6 Å². The van der Waals surface area contributed by atoms with Gasteiger partial charge in [0.05, 0.1) is 72.3 Å². The highest BCUT2D eigenvalue weighted by Gasteiger charge is 2.38. The van der Waals surface area contributed by atoms with E-state index in [0.29, 0.717) is 18.9 Å². The molecule has 4 aromatic heterocycles. The molecule has 3 saturated heterocycles. The molecule has 0 spiro atoms. The van der Waals surface area contributed by atoms with E-state index >= 15 is 0 Å². The maximum Gasteiger partial charge on any atom is 0.407 e. The Bertz CT molecular complexity index is 2760. The van der Waals surface area contributed by atoms with E-state index in [1.54, 1.807) is 6.92 Å². The fourth-order valence-electron chi connectivity index (χ4n) is 10.3. The first-order valence-electron chi connectivity index (χ1n) is 24.6. The molecule has 0 saturated carbocycles. The van der Waals surface area contributed by atoms with Crippen molar-refractivity contribution >= 4 is 30.2 Å². The molecule has 3 aliphatic heterocycles. The second kappa shape index (κ2) is 21.2. The molecule has 17 nitrogen and oxygen atoms in total. The molecule has 70 heavy (non-hydrogen) atoms. The Morgan fingerprint density at radius 3 is 1.86 bits per heavy atom. The summed E-state index contributed by atoms with van der Waals surface area (Å²) in [6.45, 7) is 9.35. The Morgan fingerprint density at radius 1 is 0.714 bits per heavy atom. The number of amides is 3. The molecule has 0 radical (unpaired) electrons. The van der Waals surface area contributed by atoms with Gasteiger partial charge in [0, 0.05) is 32.1 Å². The molecule has 6 aromatic rings. The minimum absolute atomic E-state index is 0.0189. The number of carbonyl (C=O) groups is 4. The number of pyridine rings is 1. The SMILES string of the molecule is COC(=O)N[C@H](C(=O)N1CCC[C@H]1c1ncc(-c2ccc(-c3ccc(-c4ccc(-c5cnc([C@@H]6CCCN6C[C@@H](NC(=O)O)C(C)C=O)[nH]5)cc4)n3-c3ccc(N4CCCCC4)nc3)cc2)[nH]1)C(C)C. The number of benzene rings is 2. The zero-order valence-electron chi connectivity index (χ0n) is 40.3. The van der Waals surface area contributed by atoms with Gasteiger partial charge in [-0.2, -0.15) is 0 Å². The molecule has 7 heterocycles. The molecule has 3 fully saturated rings. The van der Waals surface area contributed by atoms with E-state index < -0.39 is 30.2 Å². The number of alkyl carbamates (subject to hydrolysis) is 1. The van der Waals surface area contributed by atoms with Gasteiger partial charge in [0.15, 0.2) is 0 Å². The summed E-state index contributed by atoms with van der Waals surface area (Å²) in [5, 5.41) is 14.7. The molecular formula is C53H63N11O6. The lowest BCUT2D eigenvalue weighted by atomic mass is 10.0. The molecule has 5 atom stereocenters. The minimum atomic E-state index is -1.14. The Labute approximate surface area is 408 Å². The highest BCUT2D eigenvalue weighted by Crippen LogP contribution is 2.37. The number of aromatic amines is 2. The predicted molar refractivity (Wildman–Crippen MR) is 267 cm³/mol. The number of hydrogen-bond donors (Lipinski definition) is 5. The van der Waals surface area contributed by atoms with Crippen LogP contribution in [0.3, 0.4) is 0 Å². The van der Waals surface area contributed by atoms with Crippen LogP contribution in [0.25, 0.3) is 50.7 Å². The number of likely N-dealkylation sites (tertiary alicyclic amines) is 2. The van der Waals surface area contributed by atoms with Crippen LogP contribution in [0.1, 0.15) is 89.4 Å². The molecule has 3 amide bonds. The predicted octanol–water partition coefficient (Wildman–Crippen LogP) is 8.63. The third-order valence-corrected chi connectivity index (χ3v) is 14.2. The number of carboxylic acid groups (broad SMARTS) is 1. The lowest BCUT2D eigenvalue weighted by Crippen LogP contribution is -2.51. The van der Waals surface area contributed by atoms with Crippen molar-refractivity contribution in [3.8, 4) is 50.7 Å². The summed E-state index contributed by atoms with van der Waals surface area (Å²) in [5.74, 6) is 1.79. The van der Waals surface area contributed by atoms with Crippen LogP contribution in [0.5, 0.6) is 0 Å². The van der Waals surface area contributed by atoms with Crippen LogP contribution >= 0.6 is 0 Å². The Morgan fingerprint density at radius 2 is 1.30 bits per heavy atom. The third-order valence-electron chi connectivity index (χ3n) is 14.2. The molecule has 0 aliphatic carbocycles. The van der Waals surface area contributed by atoms with E-state index in [2.05, 4.69) is 108 Å². The Balaban J connectivity index is 0.964. The molecule has 2 aromatic carbocycles. The molecule has 5 N–H and O–H groups in total. The molecule has 3 aliphatic rings. The minimum Gasteiger partial charge on any atom is -0.465 e. The molecule has 1 unspecified atom stereocenters. The average molecular weight is 950 g/mol. The standard InChI is InChI=1S/C53H63N11O6/c1-33(2)48(60-53(69)70-4)51(66)63-27-9-11-46(63)50-56-30-41(58-50)36-14-18-38(19-15-36)44-22-21-43(64(44)39-20-23-47(54-28-39)61-24-6-5-7-25-61)37-16-12-35(13-17-37)40-29-55-49(57-40)45-10-8-26-62(45)31-42(34(3)32-65)59-52(67)68/h12-23,28-30,32-34,42,45-46,48,59H,5-11,24-27,31H2,1-4H3,(H,55,57)(H,56,58)(H,60,69)(H,67,68)/t34?,42-,45+,46+,48+/m1/s1. The normalized spacial score (nSPS) is 18.7. The second-order valence-corrected chi connectivity index (χ2v) is 19.1.